The van der Waals surface area contributed by atoms with Crippen LogP contribution in [0.1, 0.15) is 25.0 Å². The second-order valence-corrected chi connectivity index (χ2v) is 4.09. The van der Waals surface area contributed by atoms with E-state index in [2.05, 4.69) is 4.74 Å². The molecule has 1 aromatic carbocycles. The third-order valence-corrected chi connectivity index (χ3v) is 2.84. The zero-order valence-corrected chi connectivity index (χ0v) is 10.4. The molecular weight excluding hydrogens is 247 g/mol. The van der Waals surface area contributed by atoms with Crippen LogP contribution in [0, 0.1) is 11.7 Å². The Morgan fingerprint density at radius 3 is 2.71 bits per heavy atom. The SMILES string of the molecule is CCC(C(=O)OC)C(O)c1ccc(Cl)cc1F. The van der Waals surface area contributed by atoms with E-state index >= 15 is 0 Å². The minimum atomic E-state index is -1.23. The summed E-state index contributed by atoms with van der Waals surface area (Å²) in [6, 6.07) is 3.94. The van der Waals surface area contributed by atoms with E-state index in [1.807, 2.05) is 0 Å². The van der Waals surface area contributed by atoms with Crippen molar-refractivity contribution in [3.8, 4) is 0 Å². The molecule has 17 heavy (non-hydrogen) atoms. The van der Waals surface area contributed by atoms with Crippen molar-refractivity contribution in [3.63, 3.8) is 0 Å². The van der Waals surface area contributed by atoms with Gasteiger partial charge >= 0.3 is 5.97 Å². The van der Waals surface area contributed by atoms with Crippen LogP contribution in [0.5, 0.6) is 0 Å². The fraction of sp³-hybridized carbons (Fsp3) is 0.417. The molecule has 0 radical (unpaired) electrons. The molecule has 0 saturated carbocycles. The Balaban J connectivity index is 3.01. The van der Waals surface area contributed by atoms with Crippen LogP contribution in [0.2, 0.25) is 5.02 Å². The first-order chi connectivity index (χ1) is 8.01. The molecular formula is C12H14ClFO3. The lowest BCUT2D eigenvalue weighted by Gasteiger charge is -2.20. The summed E-state index contributed by atoms with van der Waals surface area (Å²) in [5, 5.41) is 10.2. The van der Waals surface area contributed by atoms with Crippen molar-refractivity contribution in [2.24, 2.45) is 5.92 Å². The van der Waals surface area contributed by atoms with Crippen molar-refractivity contribution in [1.82, 2.24) is 0 Å². The Kier molecular flexibility index (Phi) is 4.90. The highest BCUT2D eigenvalue weighted by molar-refractivity contribution is 6.30. The van der Waals surface area contributed by atoms with Crippen LogP contribution >= 0.6 is 11.6 Å². The summed E-state index contributed by atoms with van der Waals surface area (Å²) in [6.07, 6.45) is -0.875. The highest BCUT2D eigenvalue weighted by Gasteiger charge is 2.29. The summed E-state index contributed by atoms with van der Waals surface area (Å²) >= 11 is 5.61. The third-order valence-electron chi connectivity index (χ3n) is 2.61. The third kappa shape index (κ3) is 3.17. The first-order valence-electron chi connectivity index (χ1n) is 5.22. The molecule has 0 aliphatic carbocycles. The lowest BCUT2D eigenvalue weighted by molar-refractivity contribution is -0.149. The van der Waals surface area contributed by atoms with Gasteiger partial charge in [0.2, 0.25) is 0 Å². The van der Waals surface area contributed by atoms with Crippen molar-refractivity contribution >= 4 is 17.6 Å². The van der Waals surface area contributed by atoms with E-state index in [0.717, 1.165) is 6.07 Å². The van der Waals surface area contributed by atoms with Gasteiger partial charge < -0.3 is 9.84 Å². The number of halogens is 2. The normalized spacial score (nSPS) is 14.2. The average Bonchev–Trinajstić information content (AvgIpc) is 2.29. The van der Waals surface area contributed by atoms with E-state index in [1.54, 1.807) is 6.92 Å². The van der Waals surface area contributed by atoms with E-state index < -0.39 is 23.8 Å². The van der Waals surface area contributed by atoms with Gasteiger partial charge in [0, 0.05) is 10.6 Å². The Labute approximate surface area is 104 Å². The molecule has 1 rings (SSSR count). The van der Waals surface area contributed by atoms with Gasteiger partial charge in [-0.15, -0.1) is 0 Å². The number of methoxy groups -OCH3 is 1. The number of benzene rings is 1. The van der Waals surface area contributed by atoms with Crippen LogP contribution in [0.3, 0.4) is 0 Å². The molecule has 0 amide bonds. The second kappa shape index (κ2) is 5.98. The highest BCUT2D eigenvalue weighted by atomic mass is 35.5. The maximum absolute atomic E-state index is 13.6. The number of rotatable bonds is 4. The highest BCUT2D eigenvalue weighted by Crippen LogP contribution is 2.28. The smallest absolute Gasteiger partial charge is 0.311 e. The molecule has 0 aliphatic heterocycles. The van der Waals surface area contributed by atoms with Crippen molar-refractivity contribution < 1.29 is 19.0 Å². The molecule has 0 aromatic heterocycles. The van der Waals surface area contributed by atoms with E-state index in [0.29, 0.717) is 6.42 Å². The number of aliphatic hydroxyl groups excluding tert-OH is 1. The Hall–Kier alpha value is -1.13. The van der Waals surface area contributed by atoms with Crippen LogP contribution in [-0.2, 0) is 9.53 Å². The molecule has 0 spiro atoms. The van der Waals surface area contributed by atoms with Crippen LogP contribution in [0.25, 0.3) is 0 Å². The van der Waals surface area contributed by atoms with Crippen molar-refractivity contribution in [2.75, 3.05) is 7.11 Å². The second-order valence-electron chi connectivity index (χ2n) is 3.65. The van der Waals surface area contributed by atoms with E-state index in [-0.39, 0.29) is 10.6 Å². The molecule has 5 heteroatoms. The number of aliphatic hydroxyl groups is 1. The monoisotopic (exact) mass is 260 g/mol. The summed E-state index contributed by atoms with van der Waals surface area (Å²) in [5.41, 5.74) is 0.0478. The predicted octanol–water partition coefficient (Wildman–Crippen LogP) is 2.71. The molecule has 0 aliphatic rings. The molecule has 94 valence electrons. The lowest BCUT2D eigenvalue weighted by Crippen LogP contribution is -2.23. The average molecular weight is 261 g/mol. The fourth-order valence-corrected chi connectivity index (χ4v) is 1.79. The van der Waals surface area contributed by atoms with Crippen molar-refractivity contribution in [1.29, 1.82) is 0 Å². The molecule has 0 saturated heterocycles. The lowest BCUT2D eigenvalue weighted by atomic mass is 9.93. The van der Waals surface area contributed by atoms with Gasteiger partial charge in [-0.3, -0.25) is 4.79 Å². The van der Waals surface area contributed by atoms with E-state index in [9.17, 15) is 14.3 Å². The first kappa shape index (κ1) is 13.9. The molecule has 2 atom stereocenters. The minimum absolute atomic E-state index is 0.0478. The van der Waals surface area contributed by atoms with E-state index in [1.165, 1.54) is 19.2 Å². The summed E-state index contributed by atoms with van der Waals surface area (Å²) < 4.78 is 18.1. The molecule has 0 fully saturated rings. The number of ether oxygens (including phenoxy) is 1. The van der Waals surface area contributed by atoms with Gasteiger partial charge in [-0.2, -0.15) is 0 Å². The molecule has 2 unspecified atom stereocenters. The van der Waals surface area contributed by atoms with Gasteiger partial charge in [0.1, 0.15) is 5.82 Å². The number of carbonyl (C=O) groups excluding carboxylic acids is 1. The number of carbonyl (C=O) groups is 1. The quantitative estimate of drug-likeness (QED) is 0.847. The number of hydrogen-bond acceptors (Lipinski definition) is 3. The molecule has 3 nitrogen and oxygen atoms in total. The number of hydrogen-bond donors (Lipinski definition) is 1. The minimum Gasteiger partial charge on any atom is -0.469 e. The maximum atomic E-state index is 13.6. The van der Waals surface area contributed by atoms with Gasteiger partial charge in [-0.25, -0.2) is 4.39 Å². The van der Waals surface area contributed by atoms with Crippen LogP contribution < -0.4 is 0 Å². The van der Waals surface area contributed by atoms with Crippen LogP contribution in [0.15, 0.2) is 18.2 Å². The van der Waals surface area contributed by atoms with Crippen molar-refractivity contribution in [2.45, 2.75) is 19.4 Å². The molecule has 1 N–H and O–H groups in total. The number of esters is 1. The van der Waals surface area contributed by atoms with Gasteiger partial charge in [0.05, 0.1) is 19.1 Å². The summed E-state index contributed by atoms with van der Waals surface area (Å²) in [6.45, 7) is 1.72. The summed E-state index contributed by atoms with van der Waals surface area (Å²) in [7, 11) is 1.23. The van der Waals surface area contributed by atoms with Crippen molar-refractivity contribution in [3.05, 3.63) is 34.6 Å². The fourth-order valence-electron chi connectivity index (χ4n) is 1.63. The predicted molar refractivity (Wildman–Crippen MR) is 62.2 cm³/mol. The zero-order valence-electron chi connectivity index (χ0n) is 9.61. The molecule has 0 bridgehead atoms. The van der Waals surface area contributed by atoms with Gasteiger partial charge in [-0.05, 0) is 18.6 Å². The Morgan fingerprint density at radius 2 is 2.24 bits per heavy atom. The first-order valence-corrected chi connectivity index (χ1v) is 5.59. The largest absolute Gasteiger partial charge is 0.469 e. The Bertz CT molecular complexity index is 409. The Morgan fingerprint density at radius 1 is 1.59 bits per heavy atom. The zero-order chi connectivity index (χ0) is 13.0. The molecule has 0 heterocycles. The van der Waals surface area contributed by atoms with Crippen LogP contribution in [-0.4, -0.2) is 18.2 Å². The standard InChI is InChI=1S/C12H14ClFO3/c1-3-8(12(16)17-2)11(15)9-5-4-7(13)6-10(9)14/h4-6,8,11,15H,3H2,1-2H3. The maximum Gasteiger partial charge on any atom is 0.311 e. The summed E-state index contributed by atoms with van der Waals surface area (Å²) in [5.74, 6) is -1.97. The summed E-state index contributed by atoms with van der Waals surface area (Å²) in [4.78, 5) is 11.4. The van der Waals surface area contributed by atoms with Gasteiger partial charge in [-0.1, -0.05) is 24.6 Å². The van der Waals surface area contributed by atoms with Crippen LogP contribution in [0.4, 0.5) is 4.39 Å². The van der Waals surface area contributed by atoms with Gasteiger partial charge in [0.25, 0.3) is 0 Å². The molecule has 1 aromatic rings. The topological polar surface area (TPSA) is 46.5 Å². The van der Waals surface area contributed by atoms with Gasteiger partial charge in [0.15, 0.2) is 0 Å². The van der Waals surface area contributed by atoms with E-state index in [4.69, 9.17) is 11.6 Å².